The lowest BCUT2D eigenvalue weighted by Gasteiger charge is -2.31. The van der Waals surface area contributed by atoms with E-state index in [0.717, 1.165) is 0 Å². The predicted molar refractivity (Wildman–Crippen MR) is 101 cm³/mol. The summed E-state index contributed by atoms with van der Waals surface area (Å²) in [6.07, 6.45) is -2.43. The number of amides is 1. The summed E-state index contributed by atoms with van der Waals surface area (Å²) in [7, 11) is 0. The second-order valence-electron chi connectivity index (χ2n) is 8.65. The number of hydrogen-bond acceptors (Lipinski definition) is 4. The SMILES string of the molecule is NC(c1cn2nc(CC3C[C@@H](C(F)(F)F)CNC3=O)ccc2n1)[C@H]1CCCC(F)(F)C1. The van der Waals surface area contributed by atoms with Crippen molar-refractivity contribution in [1.82, 2.24) is 19.9 Å². The molecular weight excluding hydrogens is 421 g/mol. The van der Waals surface area contributed by atoms with Gasteiger partial charge in [-0.25, -0.2) is 18.3 Å². The number of fused-ring (bicyclic) bond motifs is 1. The molecule has 3 heterocycles. The lowest BCUT2D eigenvalue weighted by atomic mass is 9.81. The van der Waals surface area contributed by atoms with Crippen LogP contribution in [0, 0.1) is 17.8 Å². The first kappa shape index (κ1) is 21.9. The Hall–Kier alpha value is -2.30. The third-order valence-electron chi connectivity index (χ3n) is 6.30. The van der Waals surface area contributed by atoms with E-state index in [1.165, 1.54) is 4.52 Å². The molecule has 0 spiro atoms. The smallest absolute Gasteiger partial charge is 0.355 e. The van der Waals surface area contributed by atoms with Gasteiger partial charge in [0.05, 0.1) is 29.5 Å². The van der Waals surface area contributed by atoms with Crippen LogP contribution in [0.5, 0.6) is 0 Å². The second-order valence-corrected chi connectivity index (χ2v) is 8.65. The van der Waals surface area contributed by atoms with Crippen LogP contribution >= 0.6 is 0 Å². The highest BCUT2D eigenvalue weighted by Gasteiger charge is 2.44. The summed E-state index contributed by atoms with van der Waals surface area (Å²) in [4.78, 5) is 16.4. The minimum Gasteiger partial charge on any atom is -0.355 e. The van der Waals surface area contributed by atoms with E-state index in [1.54, 1.807) is 18.3 Å². The van der Waals surface area contributed by atoms with E-state index in [9.17, 15) is 26.7 Å². The highest BCUT2D eigenvalue weighted by molar-refractivity contribution is 5.79. The molecule has 1 aliphatic carbocycles. The number of nitrogens with zero attached hydrogens (tertiary/aromatic N) is 3. The Labute approximate surface area is 175 Å². The number of alkyl halides is 5. The molecule has 1 saturated carbocycles. The maximum atomic E-state index is 13.7. The predicted octanol–water partition coefficient (Wildman–Crippen LogP) is 3.41. The van der Waals surface area contributed by atoms with Crippen molar-refractivity contribution in [2.45, 2.75) is 56.7 Å². The number of nitrogens with two attached hydrogens (primary N) is 1. The van der Waals surface area contributed by atoms with Gasteiger partial charge >= 0.3 is 6.18 Å². The minimum absolute atomic E-state index is 0.0583. The fraction of sp³-hybridized carbons (Fsp3) is 0.650. The molecule has 0 radical (unpaired) electrons. The van der Waals surface area contributed by atoms with Crippen LogP contribution in [0.25, 0.3) is 5.65 Å². The Bertz CT molecular complexity index is 959. The van der Waals surface area contributed by atoms with Crippen molar-refractivity contribution >= 4 is 11.6 Å². The van der Waals surface area contributed by atoms with Crippen LogP contribution in [-0.2, 0) is 11.2 Å². The standard InChI is InChI=1S/C20H24F5N5O/c21-19(22)5-1-2-11(8-19)17(26)15-10-30-16(28-15)4-3-14(29-30)7-12-6-13(20(23,24)25)9-27-18(12)31/h3-4,10-13,17H,1-2,5-9,26H2,(H,27,31)/t11-,12?,13+,17?/m0/s1. The van der Waals surface area contributed by atoms with Gasteiger partial charge in [-0.1, -0.05) is 0 Å². The molecule has 31 heavy (non-hydrogen) atoms. The molecule has 1 saturated heterocycles. The minimum atomic E-state index is -4.37. The summed E-state index contributed by atoms with van der Waals surface area (Å²) in [5.74, 6) is -5.95. The largest absolute Gasteiger partial charge is 0.393 e. The molecule has 170 valence electrons. The van der Waals surface area contributed by atoms with Crippen LogP contribution in [0.15, 0.2) is 18.3 Å². The molecular formula is C20H24F5N5O. The summed E-state index contributed by atoms with van der Waals surface area (Å²) in [5, 5.41) is 6.68. The van der Waals surface area contributed by atoms with E-state index in [2.05, 4.69) is 15.4 Å². The van der Waals surface area contributed by atoms with Crippen molar-refractivity contribution in [3.05, 3.63) is 29.7 Å². The molecule has 0 aromatic carbocycles. The monoisotopic (exact) mass is 445 g/mol. The zero-order valence-corrected chi connectivity index (χ0v) is 16.7. The van der Waals surface area contributed by atoms with Crippen LogP contribution in [0.1, 0.15) is 49.5 Å². The Kier molecular flexibility index (Phi) is 5.65. The van der Waals surface area contributed by atoms with Gasteiger partial charge in [0.1, 0.15) is 0 Å². The average Bonchev–Trinajstić information content (AvgIpc) is 3.11. The number of piperidine rings is 1. The lowest BCUT2D eigenvalue weighted by molar-refractivity contribution is -0.183. The van der Waals surface area contributed by atoms with Crippen LogP contribution < -0.4 is 11.1 Å². The Balaban J connectivity index is 1.49. The maximum Gasteiger partial charge on any atom is 0.393 e. The highest BCUT2D eigenvalue weighted by atomic mass is 19.4. The second kappa shape index (κ2) is 7.99. The molecule has 2 aliphatic rings. The molecule has 4 rings (SSSR count). The fourth-order valence-corrected chi connectivity index (χ4v) is 4.55. The third-order valence-corrected chi connectivity index (χ3v) is 6.30. The molecule has 11 heteroatoms. The van der Waals surface area contributed by atoms with Crippen LogP contribution in [0.2, 0.25) is 0 Å². The number of halogens is 5. The molecule has 1 amide bonds. The van der Waals surface area contributed by atoms with E-state index in [-0.39, 0.29) is 25.7 Å². The summed E-state index contributed by atoms with van der Waals surface area (Å²) in [5.41, 5.74) is 7.56. The number of carbonyl (C=O) groups is 1. The first-order valence-corrected chi connectivity index (χ1v) is 10.3. The van der Waals surface area contributed by atoms with Crippen molar-refractivity contribution in [1.29, 1.82) is 0 Å². The third kappa shape index (κ3) is 4.81. The van der Waals surface area contributed by atoms with Gasteiger partial charge in [0.2, 0.25) is 11.8 Å². The van der Waals surface area contributed by atoms with Crippen molar-refractivity contribution in [2.24, 2.45) is 23.5 Å². The fourth-order valence-electron chi connectivity index (χ4n) is 4.55. The molecule has 2 unspecified atom stereocenters. The summed E-state index contributed by atoms with van der Waals surface area (Å²) in [6.45, 7) is -0.408. The van der Waals surface area contributed by atoms with Crippen molar-refractivity contribution in [2.75, 3.05) is 6.54 Å². The molecule has 2 fully saturated rings. The van der Waals surface area contributed by atoms with Gasteiger partial charge in [-0.2, -0.15) is 18.3 Å². The van der Waals surface area contributed by atoms with Crippen LogP contribution in [0.3, 0.4) is 0 Å². The van der Waals surface area contributed by atoms with Crippen LogP contribution in [-0.4, -0.2) is 39.1 Å². The van der Waals surface area contributed by atoms with Crippen molar-refractivity contribution in [3.63, 3.8) is 0 Å². The Morgan fingerprint density at radius 2 is 2.10 bits per heavy atom. The van der Waals surface area contributed by atoms with Crippen LogP contribution in [0.4, 0.5) is 22.0 Å². The summed E-state index contributed by atoms with van der Waals surface area (Å²) < 4.78 is 68.0. The summed E-state index contributed by atoms with van der Waals surface area (Å²) >= 11 is 0. The maximum absolute atomic E-state index is 13.7. The molecule has 3 N–H and O–H groups in total. The highest BCUT2D eigenvalue weighted by Crippen LogP contribution is 2.41. The van der Waals surface area contributed by atoms with E-state index in [4.69, 9.17) is 5.73 Å². The van der Waals surface area contributed by atoms with Gasteiger partial charge in [0, 0.05) is 31.7 Å². The number of rotatable bonds is 4. The van der Waals surface area contributed by atoms with E-state index >= 15 is 0 Å². The number of nitrogens with one attached hydrogen (secondary N) is 1. The topological polar surface area (TPSA) is 85.3 Å². The molecule has 4 atom stereocenters. The Morgan fingerprint density at radius 1 is 1.32 bits per heavy atom. The normalized spacial score (nSPS) is 27.8. The molecule has 0 bridgehead atoms. The quantitative estimate of drug-likeness (QED) is 0.707. The van der Waals surface area contributed by atoms with Gasteiger partial charge in [0.15, 0.2) is 5.65 Å². The first-order chi connectivity index (χ1) is 14.5. The number of aromatic nitrogens is 3. The van der Waals surface area contributed by atoms with E-state index in [0.29, 0.717) is 29.9 Å². The first-order valence-electron chi connectivity index (χ1n) is 10.3. The van der Waals surface area contributed by atoms with Crippen molar-refractivity contribution in [3.8, 4) is 0 Å². The van der Waals surface area contributed by atoms with Gasteiger partial charge in [-0.15, -0.1) is 0 Å². The molecule has 2 aromatic heterocycles. The van der Waals surface area contributed by atoms with Gasteiger partial charge < -0.3 is 11.1 Å². The Morgan fingerprint density at radius 3 is 2.81 bits per heavy atom. The van der Waals surface area contributed by atoms with E-state index < -0.39 is 48.3 Å². The molecule has 2 aromatic rings. The number of hydrogen-bond donors (Lipinski definition) is 2. The number of carbonyl (C=O) groups excluding carboxylic acids is 1. The zero-order chi connectivity index (χ0) is 22.4. The lowest BCUT2D eigenvalue weighted by Crippen LogP contribution is -2.47. The van der Waals surface area contributed by atoms with Gasteiger partial charge in [0.25, 0.3) is 0 Å². The van der Waals surface area contributed by atoms with E-state index in [1.807, 2.05) is 0 Å². The summed E-state index contributed by atoms with van der Waals surface area (Å²) in [6, 6.07) is 2.58. The molecule has 6 nitrogen and oxygen atoms in total. The number of imidazole rings is 1. The van der Waals surface area contributed by atoms with Gasteiger partial charge in [-0.3, -0.25) is 4.79 Å². The zero-order valence-electron chi connectivity index (χ0n) is 16.7. The average molecular weight is 445 g/mol. The van der Waals surface area contributed by atoms with Crippen molar-refractivity contribution < 1.29 is 26.7 Å². The molecule has 1 aliphatic heterocycles. The van der Waals surface area contributed by atoms with Gasteiger partial charge in [-0.05, 0) is 37.3 Å².